The number of ether oxygens (including phenoxy) is 3. The summed E-state index contributed by atoms with van der Waals surface area (Å²) in [6.45, 7) is 4.09. The number of fused-ring (bicyclic) bond motifs is 1. The lowest BCUT2D eigenvalue weighted by atomic mass is 10.00. The monoisotopic (exact) mass is 397 g/mol. The van der Waals surface area contributed by atoms with Gasteiger partial charge in [0.15, 0.2) is 5.82 Å². The van der Waals surface area contributed by atoms with Gasteiger partial charge in [0.2, 0.25) is 0 Å². The van der Waals surface area contributed by atoms with E-state index in [1.165, 1.54) is 11.1 Å². The fraction of sp³-hybridized carbons (Fsp3) is 0.429. The van der Waals surface area contributed by atoms with Crippen LogP contribution in [0.15, 0.2) is 35.7 Å². The molecule has 0 aliphatic carbocycles. The van der Waals surface area contributed by atoms with Gasteiger partial charge in [0.25, 0.3) is 0 Å². The summed E-state index contributed by atoms with van der Waals surface area (Å²) in [5.74, 6) is 1.70. The lowest BCUT2D eigenvalue weighted by Crippen LogP contribution is -2.52. The van der Waals surface area contributed by atoms with Crippen LogP contribution in [0.1, 0.15) is 12.2 Å². The molecule has 0 amide bonds. The standard InChI is InChI=1S/C21H23N3O3S/c1-25-11-17-22-19(24-8-10-27-21(13-24)7-9-26-14-21)18-16(12-28-20(18)23-17)15-5-3-2-4-6-15/h2-6,12H,7-11,13-14H2,1H3. The summed E-state index contributed by atoms with van der Waals surface area (Å²) in [7, 11) is 1.68. The zero-order valence-electron chi connectivity index (χ0n) is 15.9. The van der Waals surface area contributed by atoms with Gasteiger partial charge in [-0.15, -0.1) is 11.3 Å². The third-order valence-corrected chi connectivity index (χ3v) is 6.31. The number of methoxy groups -OCH3 is 1. The van der Waals surface area contributed by atoms with Gasteiger partial charge in [0.05, 0.1) is 25.1 Å². The van der Waals surface area contributed by atoms with Crippen LogP contribution in [0.3, 0.4) is 0 Å². The normalized spacial score (nSPS) is 22.4. The Hall–Kier alpha value is -2.06. The molecule has 0 N–H and O–H groups in total. The van der Waals surface area contributed by atoms with Gasteiger partial charge in [-0.1, -0.05) is 30.3 Å². The largest absolute Gasteiger partial charge is 0.378 e. The van der Waals surface area contributed by atoms with Crippen molar-refractivity contribution in [2.75, 3.05) is 44.9 Å². The molecule has 1 unspecified atom stereocenters. The molecule has 0 radical (unpaired) electrons. The van der Waals surface area contributed by atoms with Crippen molar-refractivity contribution < 1.29 is 14.2 Å². The van der Waals surface area contributed by atoms with Gasteiger partial charge in [0, 0.05) is 37.6 Å². The van der Waals surface area contributed by atoms with E-state index in [-0.39, 0.29) is 5.60 Å². The molecular formula is C21H23N3O3S. The molecule has 0 bridgehead atoms. The molecule has 1 spiro atoms. The van der Waals surface area contributed by atoms with Gasteiger partial charge in [-0.25, -0.2) is 9.97 Å². The molecule has 146 valence electrons. The smallest absolute Gasteiger partial charge is 0.158 e. The first-order chi connectivity index (χ1) is 13.8. The number of rotatable bonds is 4. The van der Waals surface area contributed by atoms with Crippen molar-refractivity contribution in [3.8, 4) is 11.1 Å². The van der Waals surface area contributed by atoms with Crippen molar-refractivity contribution in [2.24, 2.45) is 0 Å². The van der Waals surface area contributed by atoms with Gasteiger partial charge >= 0.3 is 0 Å². The van der Waals surface area contributed by atoms with Crippen LogP contribution in [0, 0.1) is 0 Å². The molecule has 2 saturated heterocycles. The second-order valence-electron chi connectivity index (χ2n) is 7.35. The maximum atomic E-state index is 6.13. The quantitative estimate of drug-likeness (QED) is 0.672. The highest BCUT2D eigenvalue weighted by Crippen LogP contribution is 2.40. The van der Waals surface area contributed by atoms with Gasteiger partial charge in [-0.05, 0) is 5.56 Å². The first-order valence-electron chi connectivity index (χ1n) is 9.57. The second kappa shape index (κ2) is 7.40. The number of thiophene rings is 1. The van der Waals surface area contributed by atoms with E-state index < -0.39 is 0 Å². The van der Waals surface area contributed by atoms with Crippen molar-refractivity contribution in [2.45, 2.75) is 18.6 Å². The van der Waals surface area contributed by atoms with Crippen LogP contribution >= 0.6 is 11.3 Å². The Morgan fingerprint density at radius 1 is 1.21 bits per heavy atom. The predicted octanol–water partition coefficient (Wildman–Crippen LogP) is 3.50. The Labute approximate surface area is 168 Å². The minimum Gasteiger partial charge on any atom is -0.378 e. The first kappa shape index (κ1) is 18.0. The second-order valence-corrected chi connectivity index (χ2v) is 8.21. The lowest BCUT2D eigenvalue weighted by Gasteiger charge is -2.40. The molecule has 2 fully saturated rings. The molecule has 3 aromatic rings. The molecule has 2 aliphatic rings. The topological polar surface area (TPSA) is 56.7 Å². The number of morpholine rings is 1. The van der Waals surface area contributed by atoms with E-state index in [1.54, 1.807) is 18.4 Å². The highest BCUT2D eigenvalue weighted by atomic mass is 32.1. The zero-order chi connectivity index (χ0) is 19.0. The maximum Gasteiger partial charge on any atom is 0.158 e. The number of anilines is 1. The van der Waals surface area contributed by atoms with Crippen LogP contribution in [0.25, 0.3) is 21.3 Å². The molecule has 2 aliphatic heterocycles. The Kier molecular flexibility index (Phi) is 4.76. The average molecular weight is 398 g/mol. The molecule has 1 atom stereocenters. The van der Waals surface area contributed by atoms with Crippen LogP contribution in [-0.4, -0.2) is 55.6 Å². The van der Waals surface area contributed by atoms with Crippen molar-refractivity contribution in [3.05, 3.63) is 41.5 Å². The van der Waals surface area contributed by atoms with Gasteiger partial charge < -0.3 is 19.1 Å². The molecule has 6 nitrogen and oxygen atoms in total. The van der Waals surface area contributed by atoms with Gasteiger partial charge in [-0.3, -0.25) is 0 Å². The summed E-state index contributed by atoms with van der Waals surface area (Å²) in [5.41, 5.74) is 2.15. The van der Waals surface area contributed by atoms with E-state index in [0.717, 1.165) is 48.0 Å². The zero-order valence-corrected chi connectivity index (χ0v) is 16.7. The Bertz CT molecular complexity index is 970. The van der Waals surface area contributed by atoms with Crippen LogP contribution in [0.5, 0.6) is 0 Å². The molecule has 0 saturated carbocycles. The Morgan fingerprint density at radius 2 is 2.11 bits per heavy atom. The fourth-order valence-corrected chi connectivity index (χ4v) is 5.03. The van der Waals surface area contributed by atoms with Gasteiger partial charge in [0.1, 0.15) is 22.9 Å². The number of nitrogens with zero attached hydrogens (tertiary/aromatic N) is 3. The van der Waals surface area contributed by atoms with E-state index in [0.29, 0.717) is 19.8 Å². The summed E-state index contributed by atoms with van der Waals surface area (Å²) in [5, 5.41) is 3.30. The summed E-state index contributed by atoms with van der Waals surface area (Å²) in [6, 6.07) is 10.5. The van der Waals surface area contributed by atoms with E-state index in [4.69, 9.17) is 24.2 Å². The number of hydrogen-bond donors (Lipinski definition) is 0. The Balaban J connectivity index is 1.64. The molecule has 1 aromatic carbocycles. The van der Waals surface area contributed by atoms with Crippen LogP contribution < -0.4 is 4.90 Å². The summed E-state index contributed by atoms with van der Waals surface area (Å²) < 4.78 is 17.1. The van der Waals surface area contributed by atoms with Crippen molar-refractivity contribution >= 4 is 27.4 Å². The molecule has 5 rings (SSSR count). The van der Waals surface area contributed by atoms with E-state index in [9.17, 15) is 0 Å². The van der Waals surface area contributed by atoms with E-state index in [2.05, 4.69) is 34.5 Å². The van der Waals surface area contributed by atoms with Crippen LogP contribution in [0.4, 0.5) is 5.82 Å². The van der Waals surface area contributed by atoms with Crippen molar-refractivity contribution in [3.63, 3.8) is 0 Å². The molecule has 7 heteroatoms. The predicted molar refractivity (Wildman–Crippen MR) is 110 cm³/mol. The molecule has 28 heavy (non-hydrogen) atoms. The third kappa shape index (κ3) is 3.18. The van der Waals surface area contributed by atoms with E-state index in [1.807, 2.05) is 6.07 Å². The first-order valence-corrected chi connectivity index (χ1v) is 10.5. The molecular weight excluding hydrogens is 374 g/mol. The molecule has 4 heterocycles. The minimum absolute atomic E-state index is 0.222. The fourth-order valence-electron chi connectivity index (χ4n) is 4.07. The highest BCUT2D eigenvalue weighted by molar-refractivity contribution is 7.17. The average Bonchev–Trinajstić information content (AvgIpc) is 3.35. The van der Waals surface area contributed by atoms with Crippen LogP contribution in [0.2, 0.25) is 0 Å². The Morgan fingerprint density at radius 3 is 2.89 bits per heavy atom. The maximum absolute atomic E-state index is 6.13. The number of aromatic nitrogens is 2. The summed E-state index contributed by atoms with van der Waals surface area (Å²) in [4.78, 5) is 13.0. The summed E-state index contributed by atoms with van der Waals surface area (Å²) in [6.07, 6.45) is 0.928. The van der Waals surface area contributed by atoms with Crippen LogP contribution in [-0.2, 0) is 20.8 Å². The van der Waals surface area contributed by atoms with Crippen molar-refractivity contribution in [1.82, 2.24) is 9.97 Å². The van der Waals surface area contributed by atoms with Gasteiger partial charge in [-0.2, -0.15) is 0 Å². The SMILES string of the molecule is COCc1nc(N2CCOC3(CCOC3)C2)c2c(-c3ccccc3)csc2n1. The van der Waals surface area contributed by atoms with Crippen molar-refractivity contribution in [1.29, 1.82) is 0 Å². The molecule has 2 aromatic heterocycles. The third-order valence-electron chi connectivity index (χ3n) is 5.43. The highest BCUT2D eigenvalue weighted by Gasteiger charge is 2.41. The summed E-state index contributed by atoms with van der Waals surface area (Å²) >= 11 is 1.66. The lowest BCUT2D eigenvalue weighted by molar-refractivity contribution is -0.0580. The number of hydrogen-bond acceptors (Lipinski definition) is 7. The minimum atomic E-state index is -0.222. The van der Waals surface area contributed by atoms with E-state index >= 15 is 0 Å². The number of benzene rings is 1.